The van der Waals surface area contributed by atoms with Gasteiger partial charge < -0.3 is 14.6 Å². The van der Waals surface area contributed by atoms with E-state index in [9.17, 15) is 22.8 Å². The number of rotatable bonds is 9. The zero-order chi connectivity index (χ0) is 23.5. The van der Waals surface area contributed by atoms with Crippen molar-refractivity contribution in [3.63, 3.8) is 0 Å². The number of aryl methyl sites for hydroxylation is 3. The van der Waals surface area contributed by atoms with Crippen LogP contribution in [0.2, 0.25) is 0 Å². The molecule has 0 unspecified atom stereocenters. The zero-order valence-electron chi connectivity index (χ0n) is 18.2. The molecule has 3 aromatic rings. The molecular formula is C21H26F3N5O3. The van der Waals surface area contributed by atoms with Crippen molar-refractivity contribution >= 4 is 16.9 Å². The summed E-state index contributed by atoms with van der Waals surface area (Å²) in [6, 6.07) is 4.90. The molecule has 0 fully saturated rings. The van der Waals surface area contributed by atoms with Crippen LogP contribution in [0.3, 0.4) is 0 Å². The van der Waals surface area contributed by atoms with Gasteiger partial charge in [0, 0.05) is 13.1 Å². The van der Waals surface area contributed by atoms with Crippen LogP contribution in [0.25, 0.3) is 11.2 Å². The fourth-order valence-electron chi connectivity index (χ4n) is 3.45. The topological polar surface area (TPSA) is 93.9 Å². The second kappa shape index (κ2) is 9.49. The molecule has 32 heavy (non-hydrogen) atoms. The maximum absolute atomic E-state index is 12.6. The number of imidazole rings is 1. The second-order valence-electron chi connectivity index (χ2n) is 7.47. The Morgan fingerprint density at radius 2 is 1.94 bits per heavy atom. The molecule has 1 aromatic carbocycles. The number of halogens is 3. The standard InChI is InChI=1S/C21H26F3N5O3/c1-4-6-9-29-18-17(19(30)27-20(29)31)28(5-2)16(26-18)11-25-14-8-7-13(3)10-15(14)32-12-21(22,23)24/h7-8,10,25H,4-6,9,11-12H2,1-3H3,(H,27,30,31). The largest absolute Gasteiger partial charge is 0.482 e. The highest BCUT2D eigenvalue weighted by Crippen LogP contribution is 2.28. The fraction of sp³-hybridized carbons (Fsp3) is 0.476. The number of fused-ring (bicyclic) bond motifs is 1. The zero-order valence-corrected chi connectivity index (χ0v) is 18.2. The highest BCUT2D eigenvalue weighted by molar-refractivity contribution is 5.71. The van der Waals surface area contributed by atoms with E-state index in [1.54, 1.807) is 23.6 Å². The molecule has 3 rings (SSSR count). The van der Waals surface area contributed by atoms with Crippen molar-refractivity contribution in [1.29, 1.82) is 0 Å². The monoisotopic (exact) mass is 453 g/mol. The summed E-state index contributed by atoms with van der Waals surface area (Å²) >= 11 is 0. The summed E-state index contributed by atoms with van der Waals surface area (Å²) in [6.45, 7) is 5.15. The van der Waals surface area contributed by atoms with Crippen LogP contribution in [0.4, 0.5) is 18.9 Å². The molecule has 0 saturated carbocycles. The van der Waals surface area contributed by atoms with Crippen LogP contribution in [0.15, 0.2) is 27.8 Å². The van der Waals surface area contributed by atoms with E-state index in [0.717, 1.165) is 18.4 Å². The van der Waals surface area contributed by atoms with Crippen molar-refractivity contribution in [1.82, 2.24) is 19.1 Å². The lowest BCUT2D eigenvalue weighted by atomic mass is 10.2. The van der Waals surface area contributed by atoms with Crippen LogP contribution in [-0.4, -0.2) is 31.9 Å². The van der Waals surface area contributed by atoms with E-state index in [1.807, 2.05) is 13.8 Å². The molecule has 8 nitrogen and oxygen atoms in total. The average molecular weight is 453 g/mol. The second-order valence-corrected chi connectivity index (χ2v) is 7.47. The Balaban J connectivity index is 1.96. The first-order valence-electron chi connectivity index (χ1n) is 10.4. The lowest BCUT2D eigenvalue weighted by molar-refractivity contribution is -0.153. The van der Waals surface area contributed by atoms with Gasteiger partial charge in [-0.15, -0.1) is 0 Å². The Hall–Kier alpha value is -3.24. The van der Waals surface area contributed by atoms with Gasteiger partial charge in [-0.05, 0) is 38.0 Å². The van der Waals surface area contributed by atoms with Crippen LogP contribution in [-0.2, 0) is 19.6 Å². The minimum absolute atomic E-state index is 0.0687. The van der Waals surface area contributed by atoms with Crippen LogP contribution in [0.5, 0.6) is 5.75 Å². The number of H-pyrrole nitrogens is 1. The number of nitrogens with one attached hydrogen (secondary N) is 2. The highest BCUT2D eigenvalue weighted by Gasteiger charge is 2.29. The molecule has 0 saturated heterocycles. The Labute approximate surface area is 182 Å². The van der Waals surface area contributed by atoms with Gasteiger partial charge in [0.1, 0.15) is 11.6 Å². The number of hydrogen-bond donors (Lipinski definition) is 2. The van der Waals surface area contributed by atoms with Crippen LogP contribution < -0.4 is 21.3 Å². The van der Waals surface area contributed by atoms with E-state index in [4.69, 9.17) is 4.74 Å². The molecule has 2 heterocycles. The van der Waals surface area contributed by atoms with Crippen molar-refractivity contribution in [3.8, 4) is 5.75 Å². The Kier molecular flexibility index (Phi) is 6.95. The molecule has 0 atom stereocenters. The van der Waals surface area contributed by atoms with Gasteiger partial charge in [0.25, 0.3) is 5.56 Å². The van der Waals surface area contributed by atoms with Gasteiger partial charge in [-0.3, -0.25) is 14.3 Å². The van der Waals surface area contributed by atoms with E-state index in [-0.39, 0.29) is 17.8 Å². The predicted octanol–water partition coefficient (Wildman–Crippen LogP) is 3.57. The minimum atomic E-state index is -4.46. The van der Waals surface area contributed by atoms with E-state index < -0.39 is 24.0 Å². The third-order valence-electron chi connectivity index (χ3n) is 4.98. The predicted molar refractivity (Wildman–Crippen MR) is 115 cm³/mol. The summed E-state index contributed by atoms with van der Waals surface area (Å²) < 4.78 is 46.0. The number of benzene rings is 1. The fourth-order valence-corrected chi connectivity index (χ4v) is 3.45. The number of alkyl halides is 3. The van der Waals surface area contributed by atoms with Crippen molar-refractivity contribution in [3.05, 3.63) is 50.4 Å². The van der Waals surface area contributed by atoms with E-state index in [2.05, 4.69) is 15.3 Å². The van der Waals surface area contributed by atoms with Crippen molar-refractivity contribution < 1.29 is 17.9 Å². The molecular weight excluding hydrogens is 427 g/mol. The smallest absolute Gasteiger partial charge is 0.422 e. The summed E-state index contributed by atoms with van der Waals surface area (Å²) in [6.07, 6.45) is -2.85. The van der Waals surface area contributed by atoms with E-state index in [1.165, 1.54) is 10.6 Å². The van der Waals surface area contributed by atoms with Crippen LogP contribution in [0.1, 0.15) is 38.1 Å². The van der Waals surface area contributed by atoms with E-state index in [0.29, 0.717) is 30.2 Å². The summed E-state index contributed by atoms with van der Waals surface area (Å²) in [4.78, 5) is 31.7. The first kappa shape index (κ1) is 23.4. The minimum Gasteiger partial charge on any atom is -0.482 e. The SMILES string of the molecule is CCCCn1c(=O)[nH]c(=O)c2c1nc(CNc1ccc(C)cc1OCC(F)(F)F)n2CC. The number of ether oxygens (including phenoxy) is 1. The van der Waals surface area contributed by atoms with Gasteiger partial charge >= 0.3 is 11.9 Å². The normalized spacial score (nSPS) is 11.8. The van der Waals surface area contributed by atoms with Gasteiger partial charge in [0.05, 0.1) is 12.2 Å². The summed E-state index contributed by atoms with van der Waals surface area (Å²) in [5.74, 6) is 0.547. The number of aromatic amines is 1. The number of nitrogens with zero attached hydrogens (tertiary/aromatic N) is 3. The first-order valence-corrected chi connectivity index (χ1v) is 10.4. The van der Waals surface area contributed by atoms with Crippen molar-refractivity contribution in [2.75, 3.05) is 11.9 Å². The molecule has 0 amide bonds. The lowest BCUT2D eigenvalue weighted by Crippen LogP contribution is -2.31. The molecule has 0 aliphatic heterocycles. The summed E-state index contributed by atoms with van der Waals surface area (Å²) in [5, 5.41) is 3.05. The maximum atomic E-state index is 12.6. The van der Waals surface area contributed by atoms with Crippen LogP contribution in [0, 0.1) is 6.92 Å². The third kappa shape index (κ3) is 5.14. The van der Waals surface area contributed by atoms with Gasteiger partial charge in [-0.1, -0.05) is 19.4 Å². The summed E-state index contributed by atoms with van der Waals surface area (Å²) in [7, 11) is 0. The number of aromatic nitrogens is 4. The van der Waals surface area contributed by atoms with Gasteiger partial charge in [0.2, 0.25) is 0 Å². The molecule has 0 radical (unpaired) electrons. The molecule has 2 aromatic heterocycles. The first-order chi connectivity index (χ1) is 15.1. The number of anilines is 1. The van der Waals surface area contributed by atoms with Gasteiger partial charge in [-0.25, -0.2) is 9.78 Å². The molecule has 0 aliphatic carbocycles. The Bertz CT molecular complexity index is 1210. The van der Waals surface area contributed by atoms with Crippen molar-refractivity contribution in [2.45, 2.75) is 59.4 Å². The van der Waals surface area contributed by atoms with Gasteiger partial charge in [-0.2, -0.15) is 13.2 Å². The molecule has 2 N–H and O–H groups in total. The molecule has 0 bridgehead atoms. The Morgan fingerprint density at radius 3 is 2.59 bits per heavy atom. The average Bonchev–Trinajstić information content (AvgIpc) is 3.09. The number of unbranched alkanes of at least 4 members (excludes halogenated alkanes) is 1. The quantitative estimate of drug-likeness (QED) is 0.517. The third-order valence-corrected chi connectivity index (χ3v) is 4.98. The Morgan fingerprint density at radius 1 is 1.19 bits per heavy atom. The highest BCUT2D eigenvalue weighted by atomic mass is 19.4. The lowest BCUT2D eigenvalue weighted by Gasteiger charge is -2.15. The van der Waals surface area contributed by atoms with Crippen molar-refractivity contribution in [2.24, 2.45) is 0 Å². The molecule has 174 valence electrons. The maximum Gasteiger partial charge on any atom is 0.422 e. The van der Waals surface area contributed by atoms with Crippen LogP contribution >= 0.6 is 0 Å². The molecule has 11 heteroatoms. The van der Waals surface area contributed by atoms with E-state index >= 15 is 0 Å². The summed E-state index contributed by atoms with van der Waals surface area (Å²) in [5.41, 5.74) is 0.660. The molecule has 0 spiro atoms. The molecule has 0 aliphatic rings. The number of hydrogen-bond acceptors (Lipinski definition) is 5. The van der Waals surface area contributed by atoms with Gasteiger partial charge in [0.15, 0.2) is 17.8 Å².